The monoisotopic (exact) mass is 245 g/mol. The number of imidazole rings is 1. The highest BCUT2D eigenvalue weighted by Gasteiger charge is 2.41. The first-order valence-electron chi connectivity index (χ1n) is 6.46. The number of aryl methyl sites for hydroxylation is 1. The van der Waals surface area contributed by atoms with Crippen molar-refractivity contribution < 1.29 is 5.11 Å². The molecule has 0 bridgehead atoms. The number of fused-ring (bicyclic) bond motifs is 1. The number of nitrogens with one attached hydrogen (secondary N) is 1. The van der Waals surface area contributed by atoms with Gasteiger partial charge in [-0.25, -0.2) is 4.98 Å². The SMILES string of the molecule is Cn1c(CNCC2(CO)CC2)nc2ccccc21. The van der Waals surface area contributed by atoms with Crippen LogP contribution in [0.4, 0.5) is 0 Å². The fraction of sp³-hybridized carbons (Fsp3) is 0.500. The lowest BCUT2D eigenvalue weighted by molar-refractivity contribution is 0.207. The standard InChI is InChI=1S/C14H19N3O/c1-17-12-5-3-2-4-11(12)16-13(17)8-15-9-14(10-18)6-7-14/h2-5,15,18H,6-10H2,1H3. The number of hydrogen-bond donors (Lipinski definition) is 2. The number of aliphatic hydroxyl groups excluding tert-OH is 1. The lowest BCUT2D eigenvalue weighted by Crippen LogP contribution is -2.27. The molecule has 2 N–H and O–H groups in total. The Hall–Kier alpha value is -1.39. The molecule has 0 atom stereocenters. The molecule has 1 heterocycles. The molecule has 1 saturated carbocycles. The lowest BCUT2D eigenvalue weighted by atomic mass is 10.1. The van der Waals surface area contributed by atoms with Gasteiger partial charge in [0, 0.05) is 25.6 Å². The number of nitrogens with zero attached hydrogens (tertiary/aromatic N) is 2. The third-order valence-corrected chi connectivity index (χ3v) is 3.96. The third-order valence-electron chi connectivity index (χ3n) is 3.96. The highest BCUT2D eigenvalue weighted by molar-refractivity contribution is 5.75. The molecule has 1 aromatic carbocycles. The van der Waals surface area contributed by atoms with Crippen LogP contribution in [0.25, 0.3) is 11.0 Å². The maximum Gasteiger partial charge on any atom is 0.123 e. The number of aliphatic hydroxyl groups is 1. The summed E-state index contributed by atoms with van der Waals surface area (Å²) in [4.78, 5) is 4.62. The van der Waals surface area contributed by atoms with Crippen LogP contribution >= 0.6 is 0 Å². The molecule has 0 amide bonds. The topological polar surface area (TPSA) is 50.1 Å². The van der Waals surface area contributed by atoms with E-state index < -0.39 is 0 Å². The van der Waals surface area contributed by atoms with Gasteiger partial charge in [0.15, 0.2) is 0 Å². The van der Waals surface area contributed by atoms with Gasteiger partial charge in [0.2, 0.25) is 0 Å². The molecule has 3 rings (SSSR count). The highest BCUT2D eigenvalue weighted by atomic mass is 16.3. The van der Waals surface area contributed by atoms with E-state index in [4.69, 9.17) is 0 Å². The van der Waals surface area contributed by atoms with Gasteiger partial charge in [-0.3, -0.25) is 0 Å². The molecule has 2 aromatic rings. The Morgan fingerprint density at radius 2 is 2.17 bits per heavy atom. The summed E-state index contributed by atoms with van der Waals surface area (Å²) in [7, 11) is 2.05. The van der Waals surface area contributed by atoms with E-state index in [0.717, 1.165) is 42.8 Å². The minimum absolute atomic E-state index is 0.157. The van der Waals surface area contributed by atoms with Crippen LogP contribution in [-0.2, 0) is 13.6 Å². The molecular formula is C14H19N3O. The molecule has 0 spiro atoms. The smallest absolute Gasteiger partial charge is 0.123 e. The Balaban J connectivity index is 1.69. The summed E-state index contributed by atoms with van der Waals surface area (Å²) in [5.74, 6) is 1.05. The van der Waals surface area contributed by atoms with Gasteiger partial charge in [-0.15, -0.1) is 0 Å². The zero-order chi connectivity index (χ0) is 12.6. The normalized spacial score (nSPS) is 17.2. The Labute approximate surface area is 107 Å². The summed E-state index contributed by atoms with van der Waals surface area (Å²) in [6.45, 7) is 1.93. The van der Waals surface area contributed by atoms with Crippen LogP contribution < -0.4 is 5.32 Å². The Morgan fingerprint density at radius 3 is 2.83 bits per heavy atom. The predicted octanol–water partition coefficient (Wildman–Crippen LogP) is 1.44. The zero-order valence-electron chi connectivity index (χ0n) is 10.7. The van der Waals surface area contributed by atoms with Crippen LogP contribution in [0.2, 0.25) is 0 Å². The van der Waals surface area contributed by atoms with Gasteiger partial charge in [0.25, 0.3) is 0 Å². The number of benzene rings is 1. The van der Waals surface area contributed by atoms with Crippen LogP contribution in [0.3, 0.4) is 0 Å². The van der Waals surface area contributed by atoms with Crippen molar-refractivity contribution in [1.29, 1.82) is 0 Å². The summed E-state index contributed by atoms with van der Waals surface area (Å²) in [6.07, 6.45) is 2.28. The van der Waals surface area contributed by atoms with Crippen molar-refractivity contribution in [1.82, 2.24) is 14.9 Å². The van der Waals surface area contributed by atoms with E-state index in [1.165, 1.54) is 0 Å². The molecule has 1 aromatic heterocycles. The van der Waals surface area contributed by atoms with E-state index in [1.807, 2.05) is 25.2 Å². The molecule has 4 nitrogen and oxygen atoms in total. The summed E-state index contributed by atoms with van der Waals surface area (Å²) in [5.41, 5.74) is 2.36. The fourth-order valence-corrected chi connectivity index (χ4v) is 2.36. The number of para-hydroxylation sites is 2. The van der Waals surface area contributed by atoms with Crippen molar-refractivity contribution in [2.45, 2.75) is 19.4 Å². The summed E-state index contributed by atoms with van der Waals surface area (Å²) >= 11 is 0. The van der Waals surface area contributed by atoms with E-state index in [2.05, 4.69) is 20.9 Å². The second-order valence-electron chi connectivity index (χ2n) is 5.34. The van der Waals surface area contributed by atoms with E-state index in [9.17, 15) is 5.11 Å². The number of hydrogen-bond acceptors (Lipinski definition) is 3. The first-order valence-corrected chi connectivity index (χ1v) is 6.46. The first-order chi connectivity index (χ1) is 8.74. The minimum Gasteiger partial charge on any atom is -0.396 e. The van der Waals surface area contributed by atoms with Crippen molar-refractivity contribution in [2.24, 2.45) is 12.5 Å². The fourth-order valence-electron chi connectivity index (χ4n) is 2.36. The second kappa shape index (κ2) is 4.37. The second-order valence-corrected chi connectivity index (χ2v) is 5.34. The van der Waals surface area contributed by atoms with Gasteiger partial charge in [-0.2, -0.15) is 0 Å². The molecule has 1 aliphatic rings. The molecule has 0 radical (unpaired) electrons. The van der Waals surface area contributed by atoms with Crippen molar-refractivity contribution >= 4 is 11.0 Å². The molecule has 0 unspecified atom stereocenters. The molecular weight excluding hydrogens is 226 g/mol. The summed E-state index contributed by atoms with van der Waals surface area (Å²) in [6, 6.07) is 8.17. The molecule has 18 heavy (non-hydrogen) atoms. The van der Waals surface area contributed by atoms with Gasteiger partial charge < -0.3 is 15.0 Å². The van der Waals surface area contributed by atoms with Crippen LogP contribution in [0.5, 0.6) is 0 Å². The number of rotatable bonds is 5. The van der Waals surface area contributed by atoms with Gasteiger partial charge in [-0.05, 0) is 25.0 Å². The molecule has 96 valence electrons. The molecule has 4 heteroatoms. The number of aromatic nitrogens is 2. The van der Waals surface area contributed by atoms with Crippen molar-refractivity contribution in [3.8, 4) is 0 Å². The van der Waals surface area contributed by atoms with E-state index in [1.54, 1.807) is 0 Å². The predicted molar refractivity (Wildman–Crippen MR) is 71.2 cm³/mol. The van der Waals surface area contributed by atoms with Crippen molar-refractivity contribution in [3.05, 3.63) is 30.1 Å². The third kappa shape index (κ3) is 2.02. The molecule has 0 saturated heterocycles. The minimum atomic E-state index is 0.157. The Kier molecular flexibility index (Phi) is 2.84. The lowest BCUT2D eigenvalue weighted by Gasteiger charge is -2.12. The molecule has 1 aliphatic carbocycles. The maximum absolute atomic E-state index is 9.26. The average Bonchev–Trinajstić information content (AvgIpc) is 3.11. The van der Waals surface area contributed by atoms with E-state index in [0.29, 0.717) is 6.61 Å². The largest absolute Gasteiger partial charge is 0.396 e. The van der Waals surface area contributed by atoms with Gasteiger partial charge in [-0.1, -0.05) is 12.1 Å². The van der Waals surface area contributed by atoms with Crippen LogP contribution in [0.1, 0.15) is 18.7 Å². The van der Waals surface area contributed by atoms with Crippen molar-refractivity contribution in [2.75, 3.05) is 13.2 Å². The van der Waals surface area contributed by atoms with E-state index in [-0.39, 0.29) is 5.41 Å². The quantitative estimate of drug-likeness (QED) is 0.838. The van der Waals surface area contributed by atoms with Crippen LogP contribution in [0.15, 0.2) is 24.3 Å². The summed E-state index contributed by atoms with van der Waals surface area (Å²) < 4.78 is 2.13. The zero-order valence-corrected chi connectivity index (χ0v) is 10.7. The van der Waals surface area contributed by atoms with Gasteiger partial charge >= 0.3 is 0 Å². The Morgan fingerprint density at radius 1 is 1.39 bits per heavy atom. The molecule has 0 aliphatic heterocycles. The van der Waals surface area contributed by atoms with Gasteiger partial charge in [0.1, 0.15) is 5.82 Å². The first kappa shape index (κ1) is 11.7. The van der Waals surface area contributed by atoms with Crippen molar-refractivity contribution in [3.63, 3.8) is 0 Å². The van der Waals surface area contributed by atoms with Gasteiger partial charge in [0.05, 0.1) is 17.6 Å². The maximum atomic E-state index is 9.26. The average molecular weight is 245 g/mol. The van der Waals surface area contributed by atoms with Crippen LogP contribution in [-0.4, -0.2) is 27.8 Å². The molecule has 1 fully saturated rings. The van der Waals surface area contributed by atoms with Crippen LogP contribution in [0, 0.1) is 5.41 Å². The highest BCUT2D eigenvalue weighted by Crippen LogP contribution is 2.44. The Bertz CT molecular complexity index is 557. The van der Waals surface area contributed by atoms with E-state index >= 15 is 0 Å². The summed E-state index contributed by atoms with van der Waals surface area (Å²) in [5, 5.41) is 12.7.